The first-order valence-corrected chi connectivity index (χ1v) is 6.34. The van der Waals surface area contributed by atoms with Gasteiger partial charge in [0.05, 0.1) is 12.2 Å². The fourth-order valence-electron chi connectivity index (χ4n) is 1.26. The lowest BCUT2D eigenvalue weighted by Gasteiger charge is -2.16. The van der Waals surface area contributed by atoms with E-state index in [4.69, 9.17) is 5.11 Å². The van der Waals surface area contributed by atoms with Crippen molar-refractivity contribution in [2.75, 3.05) is 13.6 Å². The summed E-state index contributed by atoms with van der Waals surface area (Å²) in [5.41, 5.74) is -0.643. The van der Waals surface area contributed by atoms with E-state index in [0.29, 0.717) is 0 Å². The van der Waals surface area contributed by atoms with Crippen LogP contribution in [0.2, 0.25) is 0 Å². The van der Waals surface area contributed by atoms with Crippen LogP contribution >= 0.6 is 0 Å². The van der Waals surface area contributed by atoms with E-state index in [1.807, 2.05) is 0 Å². The van der Waals surface area contributed by atoms with Crippen LogP contribution in [0, 0.1) is 11.6 Å². The van der Waals surface area contributed by atoms with Crippen molar-refractivity contribution < 1.29 is 22.3 Å². The van der Waals surface area contributed by atoms with Crippen molar-refractivity contribution in [1.82, 2.24) is 4.31 Å². The van der Waals surface area contributed by atoms with Crippen LogP contribution in [0.25, 0.3) is 0 Å². The topological polar surface area (TPSA) is 57.6 Å². The highest BCUT2D eigenvalue weighted by Crippen LogP contribution is 2.23. The van der Waals surface area contributed by atoms with E-state index in [2.05, 4.69) is 0 Å². The Morgan fingerprint density at radius 3 is 2.41 bits per heavy atom. The molecule has 4 nitrogen and oxygen atoms in total. The average molecular weight is 265 g/mol. The van der Waals surface area contributed by atoms with E-state index >= 15 is 0 Å². The van der Waals surface area contributed by atoms with E-state index in [1.165, 1.54) is 7.05 Å². The van der Waals surface area contributed by atoms with Crippen LogP contribution in [0.1, 0.15) is 12.5 Å². The number of hydrogen-bond donors (Lipinski definition) is 1. The minimum absolute atomic E-state index is 0.160. The first-order valence-electron chi connectivity index (χ1n) is 4.90. The van der Waals surface area contributed by atoms with Crippen molar-refractivity contribution >= 4 is 10.0 Å². The van der Waals surface area contributed by atoms with Gasteiger partial charge in [-0.2, -0.15) is 0 Å². The first-order chi connectivity index (χ1) is 7.86. The fourth-order valence-corrected chi connectivity index (χ4v) is 2.52. The van der Waals surface area contributed by atoms with Gasteiger partial charge in [-0.25, -0.2) is 21.5 Å². The predicted molar refractivity (Wildman–Crippen MR) is 57.8 cm³/mol. The summed E-state index contributed by atoms with van der Waals surface area (Å²) in [5, 5.41) is 8.80. The van der Waals surface area contributed by atoms with Gasteiger partial charge in [-0.05, 0) is 12.1 Å². The highest BCUT2D eigenvalue weighted by Gasteiger charge is 2.26. The molecule has 1 aromatic rings. The van der Waals surface area contributed by atoms with Crippen molar-refractivity contribution in [1.29, 1.82) is 0 Å². The van der Waals surface area contributed by atoms with Gasteiger partial charge in [0.2, 0.25) is 10.0 Å². The van der Waals surface area contributed by atoms with Crippen LogP contribution in [0.4, 0.5) is 8.78 Å². The summed E-state index contributed by atoms with van der Waals surface area (Å²) in [7, 11) is -2.70. The van der Waals surface area contributed by atoms with Crippen molar-refractivity contribution in [2.45, 2.75) is 18.4 Å². The molecule has 0 aliphatic heterocycles. The Morgan fingerprint density at radius 1 is 1.35 bits per heavy atom. The average Bonchev–Trinajstić information content (AvgIpc) is 2.28. The predicted octanol–water partition coefficient (Wildman–Crippen LogP) is 1.10. The quantitative estimate of drug-likeness (QED) is 0.886. The third-order valence-electron chi connectivity index (χ3n) is 2.44. The minimum Gasteiger partial charge on any atom is -0.391 e. The smallest absolute Gasteiger partial charge is 0.245 e. The number of benzene rings is 1. The number of aliphatic hydroxyl groups excluding tert-OH is 1. The highest BCUT2D eigenvalue weighted by molar-refractivity contribution is 7.89. The maximum Gasteiger partial charge on any atom is 0.245 e. The Morgan fingerprint density at radius 2 is 1.94 bits per heavy atom. The van der Waals surface area contributed by atoms with Gasteiger partial charge < -0.3 is 5.11 Å². The molecule has 0 heterocycles. The molecule has 7 heteroatoms. The molecule has 0 aromatic heterocycles. The van der Waals surface area contributed by atoms with Crippen LogP contribution in [0.15, 0.2) is 17.0 Å². The highest BCUT2D eigenvalue weighted by atomic mass is 32.2. The van der Waals surface area contributed by atoms with Crippen LogP contribution in [0.3, 0.4) is 0 Å². The molecule has 0 saturated heterocycles. The summed E-state index contributed by atoms with van der Waals surface area (Å²) in [6.07, 6.45) is 0. The molecule has 0 spiro atoms. The third kappa shape index (κ3) is 2.46. The van der Waals surface area contributed by atoms with Crippen molar-refractivity contribution in [3.63, 3.8) is 0 Å². The van der Waals surface area contributed by atoms with Crippen LogP contribution in [-0.4, -0.2) is 31.4 Å². The number of aliphatic hydroxyl groups is 1. The molecule has 0 aliphatic rings. The Labute approximate surface area is 98.5 Å². The van der Waals surface area contributed by atoms with E-state index in [1.54, 1.807) is 6.92 Å². The zero-order valence-electron chi connectivity index (χ0n) is 9.44. The van der Waals surface area contributed by atoms with E-state index < -0.39 is 38.7 Å². The Bertz CT molecular complexity index is 517. The molecule has 96 valence electrons. The molecule has 0 unspecified atom stereocenters. The van der Waals surface area contributed by atoms with Gasteiger partial charge in [0.25, 0.3) is 0 Å². The van der Waals surface area contributed by atoms with Gasteiger partial charge in [-0.3, -0.25) is 0 Å². The molecular weight excluding hydrogens is 252 g/mol. The summed E-state index contributed by atoms with van der Waals surface area (Å²) in [5.74, 6) is -2.21. The Kier molecular flexibility index (Phi) is 4.18. The Balaban J connectivity index is 3.44. The summed E-state index contributed by atoms with van der Waals surface area (Å²) in [6, 6.07) is 1.68. The van der Waals surface area contributed by atoms with Crippen molar-refractivity contribution in [3.8, 4) is 0 Å². The monoisotopic (exact) mass is 265 g/mol. The van der Waals surface area contributed by atoms with E-state index in [9.17, 15) is 17.2 Å². The van der Waals surface area contributed by atoms with Crippen LogP contribution in [0.5, 0.6) is 0 Å². The molecule has 17 heavy (non-hydrogen) atoms. The zero-order valence-corrected chi connectivity index (χ0v) is 10.3. The molecule has 0 bridgehead atoms. The summed E-state index contributed by atoms with van der Waals surface area (Å²) in [6.45, 7) is 0.858. The van der Waals surface area contributed by atoms with Gasteiger partial charge in [0.15, 0.2) is 5.82 Å². The van der Waals surface area contributed by atoms with Gasteiger partial charge in [0.1, 0.15) is 10.7 Å². The van der Waals surface area contributed by atoms with Crippen LogP contribution < -0.4 is 0 Å². The van der Waals surface area contributed by atoms with Gasteiger partial charge in [0, 0.05) is 13.6 Å². The molecule has 0 radical (unpaired) electrons. The molecule has 1 aromatic carbocycles. The normalized spacial score (nSPS) is 12.1. The number of hydrogen-bond acceptors (Lipinski definition) is 3. The van der Waals surface area contributed by atoms with Gasteiger partial charge in [-0.15, -0.1) is 0 Å². The summed E-state index contributed by atoms with van der Waals surface area (Å²) >= 11 is 0. The fraction of sp³-hybridized carbons (Fsp3) is 0.400. The second-order valence-corrected chi connectivity index (χ2v) is 5.43. The largest absolute Gasteiger partial charge is 0.391 e. The molecule has 0 aliphatic carbocycles. The second kappa shape index (κ2) is 5.07. The molecule has 0 saturated carbocycles. The Hall–Kier alpha value is -1.05. The van der Waals surface area contributed by atoms with E-state index in [-0.39, 0.29) is 6.54 Å². The standard InChI is InChI=1S/C10H13F2NO3S/c1-3-13(2)17(15,16)9-5-4-8(11)7(6-14)10(9)12/h4-5,14H,3,6H2,1-2H3. The summed E-state index contributed by atoms with van der Waals surface area (Å²) < 4.78 is 51.4. The van der Waals surface area contributed by atoms with E-state index in [0.717, 1.165) is 16.4 Å². The molecular formula is C10H13F2NO3S. The first kappa shape index (κ1) is 14.0. The van der Waals surface area contributed by atoms with Gasteiger partial charge >= 0.3 is 0 Å². The second-order valence-electron chi connectivity index (χ2n) is 3.42. The SMILES string of the molecule is CCN(C)S(=O)(=O)c1ccc(F)c(CO)c1F. The maximum absolute atomic E-state index is 13.7. The lowest BCUT2D eigenvalue weighted by molar-refractivity contribution is 0.267. The van der Waals surface area contributed by atoms with Crippen molar-refractivity contribution in [3.05, 3.63) is 29.3 Å². The number of halogens is 2. The number of sulfonamides is 1. The lowest BCUT2D eigenvalue weighted by Crippen LogP contribution is -2.27. The zero-order chi connectivity index (χ0) is 13.2. The number of rotatable bonds is 4. The summed E-state index contributed by atoms with van der Waals surface area (Å²) in [4.78, 5) is -0.632. The molecule has 1 rings (SSSR count). The minimum atomic E-state index is -3.99. The maximum atomic E-state index is 13.7. The van der Waals surface area contributed by atoms with Crippen LogP contribution in [-0.2, 0) is 16.6 Å². The molecule has 0 fully saturated rings. The molecule has 1 N–H and O–H groups in total. The van der Waals surface area contributed by atoms with Gasteiger partial charge in [-0.1, -0.05) is 6.92 Å². The molecule has 0 amide bonds. The lowest BCUT2D eigenvalue weighted by atomic mass is 10.2. The molecule has 0 atom stereocenters. The van der Waals surface area contributed by atoms with Crippen molar-refractivity contribution in [2.24, 2.45) is 0 Å². The number of nitrogens with zero attached hydrogens (tertiary/aromatic N) is 1. The third-order valence-corrected chi connectivity index (χ3v) is 4.39.